The predicted molar refractivity (Wildman–Crippen MR) is 111 cm³/mol. The number of ether oxygens (including phenoxy) is 1. The van der Waals surface area contributed by atoms with E-state index in [0.29, 0.717) is 23.8 Å². The second-order valence-electron chi connectivity index (χ2n) is 6.06. The number of anilines is 2. The van der Waals surface area contributed by atoms with Crippen molar-refractivity contribution in [2.45, 2.75) is 24.6 Å². The molecule has 2 amide bonds. The fraction of sp³-hybridized carbons (Fsp3) is 0.300. The van der Waals surface area contributed by atoms with Crippen LogP contribution in [0.5, 0.6) is 5.75 Å². The normalized spacial score (nSPS) is 17.7. The van der Waals surface area contributed by atoms with Crippen molar-refractivity contribution in [3.05, 3.63) is 54.1 Å². The number of carbonyl (C=O) groups excluding carboxylic acids is 2. The molecule has 3 rings (SSSR count). The fourth-order valence-corrected chi connectivity index (χ4v) is 4.09. The van der Waals surface area contributed by atoms with Crippen LogP contribution in [0.25, 0.3) is 0 Å². The lowest BCUT2D eigenvalue weighted by Gasteiger charge is -2.26. The molecule has 7 heteroatoms. The van der Waals surface area contributed by atoms with Gasteiger partial charge in [0.2, 0.25) is 11.8 Å². The summed E-state index contributed by atoms with van der Waals surface area (Å²) in [5.74, 6) is 0.838. The van der Waals surface area contributed by atoms with Gasteiger partial charge in [-0.15, -0.1) is 23.4 Å². The van der Waals surface area contributed by atoms with Gasteiger partial charge < -0.3 is 10.1 Å². The van der Waals surface area contributed by atoms with Crippen molar-refractivity contribution in [2.24, 2.45) is 0 Å². The first kappa shape index (κ1) is 19.6. The highest BCUT2D eigenvalue weighted by atomic mass is 35.5. The van der Waals surface area contributed by atoms with Crippen LogP contribution in [0.15, 0.2) is 48.5 Å². The van der Waals surface area contributed by atoms with Gasteiger partial charge in [-0.05, 0) is 43.7 Å². The Kier molecular flexibility index (Phi) is 6.29. The maximum Gasteiger partial charge on any atom is 0.242 e. The Hall–Kier alpha value is -2.18. The SMILES string of the molecule is CCOc1ccccc1N1C(=O)CS[C@H]1c1cccc(NC(=O)[C@@H](C)Cl)c1. The number of thioether (sulfide) groups is 1. The minimum Gasteiger partial charge on any atom is -0.492 e. The Morgan fingerprint density at radius 1 is 1.33 bits per heavy atom. The Balaban J connectivity index is 1.92. The number of alkyl halides is 1. The average molecular weight is 405 g/mol. The summed E-state index contributed by atoms with van der Waals surface area (Å²) in [6.07, 6.45) is 0. The molecule has 0 radical (unpaired) electrons. The molecule has 1 saturated heterocycles. The summed E-state index contributed by atoms with van der Waals surface area (Å²) in [5, 5.41) is 1.98. The van der Waals surface area contributed by atoms with Crippen LogP contribution in [0.1, 0.15) is 24.8 Å². The molecule has 0 aromatic heterocycles. The maximum atomic E-state index is 12.6. The summed E-state index contributed by atoms with van der Waals surface area (Å²) < 4.78 is 5.71. The van der Waals surface area contributed by atoms with Gasteiger partial charge in [0.25, 0.3) is 0 Å². The molecule has 1 fully saturated rings. The number of rotatable bonds is 6. The van der Waals surface area contributed by atoms with Crippen molar-refractivity contribution in [1.29, 1.82) is 0 Å². The van der Waals surface area contributed by atoms with E-state index in [2.05, 4.69) is 5.32 Å². The zero-order valence-electron chi connectivity index (χ0n) is 15.1. The summed E-state index contributed by atoms with van der Waals surface area (Å²) in [6.45, 7) is 4.06. The number of nitrogens with one attached hydrogen (secondary N) is 1. The third-order valence-electron chi connectivity index (χ3n) is 4.09. The molecular formula is C20H21ClN2O3S. The predicted octanol–water partition coefficient (Wildman–Crippen LogP) is 4.43. The van der Waals surface area contributed by atoms with Crippen molar-refractivity contribution in [3.63, 3.8) is 0 Å². The Bertz CT molecular complexity index is 843. The Morgan fingerprint density at radius 3 is 2.85 bits per heavy atom. The minimum atomic E-state index is -0.620. The van der Waals surface area contributed by atoms with Crippen LogP contribution in [0, 0.1) is 0 Å². The van der Waals surface area contributed by atoms with Gasteiger partial charge >= 0.3 is 0 Å². The Morgan fingerprint density at radius 2 is 2.11 bits per heavy atom. The lowest BCUT2D eigenvalue weighted by molar-refractivity contribution is -0.116. The van der Waals surface area contributed by atoms with E-state index in [1.54, 1.807) is 29.7 Å². The van der Waals surface area contributed by atoms with Crippen molar-refractivity contribution < 1.29 is 14.3 Å². The van der Waals surface area contributed by atoms with E-state index in [1.807, 2.05) is 49.4 Å². The van der Waals surface area contributed by atoms with Gasteiger partial charge in [-0.2, -0.15) is 0 Å². The minimum absolute atomic E-state index is 0.0287. The standard InChI is InChI=1S/C20H21ClN2O3S/c1-3-26-17-10-5-4-9-16(17)23-18(24)12-27-20(23)14-7-6-8-15(11-14)22-19(25)13(2)21/h4-11,13,20H,3,12H2,1-2H3,(H,22,25)/t13-,20+/m1/s1. The van der Waals surface area contributed by atoms with Gasteiger partial charge in [0, 0.05) is 5.69 Å². The number of hydrogen-bond acceptors (Lipinski definition) is 4. The summed E-state index contributed by atoms with van der Waals surface area (Å²) in [7, 11) is 0. The molecule has 0 aliphatic carbocycles. The molecule has 2 aromatic rings. The molecule has 2 atom stereocenters. The third-order valence-corrected chi connectivity index (χ3v) is 5.50. The van der Waals surface area contributed by atoms with Crippen LogP contribution in [0.2, 0.25) is 0 Å². The molecule has 27 heavy (non-hydrogen) atoms. The second kappa shape index (κ2) is 8.67. The third kappa shape index (κ3) is 4.39. The smallest absolute Gasteiger partial charge is 0.242 e. The monoisotopic (exact) mass is 404 g/mol. The number of halogens is 1. The first-order valence-corrected chi connectivity index (χ1v) is 10.2. The van der Waals surface area contributed by atoms with Crippen LogP contribution in [0.3, 0.4) is 0 Å². The van der Waals surface area contributed by atoms with Gasteiger partial charge in [-0.3, -0.25) is 14.5 Å². The van der Waals surface area contributed by atoms with Crippen molar-refractivity contribution in [3.8, 4) is 5.75 Å². The topological polar surface area (TPSA) is 58.6 Å². The summed E-state index contributed by atoms with van der Waals surface area (Å²) in [4.78, 5) is 26.3. The quantitative estimate of drug-likeness (QED) is 0.723. The van der Waals surface area contributed by atoms with Crippen molar-refractivity contribution >= 4 is 46.6 Å². The zero-order valence-corrected chi connectivity index (χ0v) is 16.7. The van der Waals surface area contributed by atoms with Crippen LogP contribution < -0.4 is 15.0 Å². The number of nitrogens with zero attached hydrogens (tertiary/aromatic N) is 1. The molecule has 0 saturated carbocycles. The van der Waals surface area contributed by atoms with Gasteiger partial charge in [-0.1, -0.05) is 24.3 Å². The number of carbonyl (C=O) groups is 2. The van der Waals surface area contributed by atoms with E-state index >= 15 is 0 Å². The molecule has 1 heterocycles. The van der Waals surface area contributed by atoms with E-state index < -0.39 is 5.38 Å². The van der Waals surface area contributed by atoms with Gasteiger partial charge in [0.15, 0.2) is 0 Å². The average Bonchev–Trinajstić information content (AvgIpc) is 3.04. The number of para-hydroxylation sites is 2. The van der Waals surface area contributed by atoms with Crippen LogP contribution in [0.4, 0.5) is 11.4 Å². The van der Waals surface area contributed by atoms with Gasteiger partial charge in [0.1, 0.15) is 16.5 Å². The van der Waals surface area contributed by atoms with Crippen molar-refractivity contribution in [2.75, 3.05) is 22.6 Å². The molecule has 1 aliphatic heterocycles. The number of hydrogen-bond donors (Lipinski definition) is 1. The van der Waals surface area contributed by atoms with E-state index in [-0.39, 0.29) is 17.2 Å². The molecule has 1 N–H and O–H groups in total. The van der Waals surface area contributed by atoms with Gasteiger partial charge in [0.05, 0.1) is 18.0 Å². The molecule has 0 spiro atoms. The van der Waals surface area contributed by atoms with E-state index in [1.165, 1.54) is 0 Å². The second-order valence-corrected chi connectivity index (χ2v) is 7.78. The van der Waals surface area contributed by atoms with Crippen molar-refractivity contribution in [1.82, 2.24) is 0 Å². The fourth-order valence-electron chi connectivity index (χ4n) is 2.88. The zero-order chi connectivity index (χ0) is 19.4. The highest BCUT2D eigenvalue weighted by Crippen LogP contribution is 2.45. The van der Waals surface area contributed by atoms with E-state index in [4.69, 9.17) is 16.3 Å². The molecule has 0 bridgehead atoms. The molecule has 0 unspecified atom stereocenters. The van der Waals surface area contributed by atoms with Gasteiger partial charge in [-0.25, -0.2) is 0 Å². The maximum absolute atomic E-state index is 12.6. The van der Waals surface area contributed by atoms with E-state index in [0.717, 1.165) is 11.3 Å². The first-order valence-electron chi connectivity index (χ1n) is 8.71. The number of benzene rings is 2. The lowest BCUT2D eigenvalue weighted by Crippen LogP contribution is -2.28. The highest BCUT2D eigenvalue weighted by molar-refractivity contribution is 8.00. The van der Waals surface area contributed by atoms with Crippen LogP contribution >= 0.6 is 23.4 Å². The highest BCUT2D eigenvalue weighted by Gasteiger charge is 2.35. The molecular weight excluding hydrogens is 384 g/mol. The molecule has 2 aromatic carbocycles. The van der Waals surface area contributed by atoms with E-state index in [9.17, 15) is 9.59 Å². The molecule has 1 aliphatic rings. The molecule has 142 valence electrons. The lowest BCUT2D eigenvalue weighted by atomic mass is 10.1. The Labute approximate surface area is 168 Å². The summed E-state index contributed by atoms with van der Waals surface area (Å²) in [5.41, 5.74) is 2.34. The van der Waals surface area contributed by atoms with Crippen LogP contribution in [-0.2, 0) is 9.59 Å². The largest absolute Gasteiger partial charge is 0.492 e. The summed E-state index contributed by atoms with van der Waals surface area (Å²) >= 11 is 7.38. The van der Waals surface area contributed by atoms with Crippen LogP contribution in [-0.4, -0.2) is 29.6 Å². The summed E-state index contributed by atoms with van der Waals surface area (Å²) in [6, 6.07) is 15.0. The first-order chi connectivity index (χ1) is 13.0. The molecule has 5 nitrogen and oxygen atoms in total. The number of amides is 2.